The highest BCUT2D eigenvalue weighted by Crippen LogP contribution is 2.34. The van der Waals surface area contributed by atoms with Gasteiger partial charge in [0, 0.05) is 15.6 Å². The third-order valence-corrected chi connectivity index (χ3v) is 7.40. The van der Waals surface area contributed by atoms with E-state index in [1.54, 1.807) is 34.1 Å². The van der Waals surface area contributed by atoms with Crippen molar-refractivity contribution in [2.75, 3.05) is 11.1 Å². The standard InChI is InChI=1S/C21H20ClN3O2S2/c1-3-9-25-20(27)18-14-5-4-6-16(14)29-19(18)24-21(25)28-11-17(26)23-15-8-7-13(22)10-12(15)2/h3,7-8,10H,1,4-6,9,11H2,2H3,(H,23,26)/p+1. The van der Waals surface area contributed by atoms with Crippen LogP contribution in [0.4, 0.5) is 5.69 Å². The van der Waals surface area contributed by atoms with Crippen LogP contribution in [-0.2, 0) is 24.2 Å². The molecule has 2 aromatic heterocycles. The van der Waals surface area contributed by atoms with Crippen molar-refractivity contribution < 1.29 is 9.78 Å². The fourth-order valence-corrected chi connectivity index (χ4v) is 6.01. The van der Waals surface area contributed by atoms with Gasteiger partial charge in [-0.15, -0.1) is 0 Å². The van der Waals surface area contributed by atoms with E-state index < -0.39 is 0 Å². The van der Waals surface area contributed by atoms with Gasteiger partial charge < -0.3 is 5.32 Å². The van der Waals surface area contributed by atoms with Gasteiger partial charge in [0.1, 0.15) is 11.9 Å². The fraction of sp³-hybridized carbons (Fsp3) is 0.286. The molecule has 1 aromatic carbocycles. The predicted octanol–water partition coefficient (Wildman–Crippen LogP) is 4.24. The Morgan fingerprint density at radius 2 is 2.28 bits per heavy atom. The molecular weight excluding hydrogens is 426 g/mol. The largest absolute Gasteiger partial charge is 0.347 e. The molecule has 1 aliphatic rings. The number of aromatic nitrogens is 2. The van der Waals surface area contributed by atoms with E-state index in [9.17, 15) is 9.59 Å². The van der Waals surface area contributed by atoms with Gasteiger partial charge in [-0.25, -0.2) is 9.78 Å². The summed E-state index contributed by atoms with van der Waals surface area (Å²) in [5.74, 6) is 0.0475. The smallest absolute Gasteiger partial charge is 0.325 e. The lowest BCUT2D eigenvalue weighted by molar-refractivity contribution is -0.404. The zero-order valence-corrected chi connectivity index (χ0v) is 18.4. The van der Waals surface area contributed by atoms with Crippen molar-refractivity contribution in [2.24, 2.45) is 0 Å². The first kappa shape index (κ1) is 20.2. The number of carbonyl (C=O) groups is 1. The minimum Gasteiger partial charge on any atom is -0.325 e. The van der Waals surface area contributed by atoms with Crippen LogP contribution in [0.25, 0.3) is 10.2 Å². The van der Waals surface area contributed by atoms with E-state index in [-0.39, 0.29) is 17.2 Å². The molecular formula is C21H21ClN3O2S2+. The van der Waals surface area contributed by atoms with E-state index in [0.29, 0.717) is 16.7 Å². The number of carbonyl (C=O) groups excluding carboxylic acids is 1. The van der Waals surface area contributed by atoms with Gasteiger partial charge in [-0.1, -0.05) is 35.6 Å². The SMILES string of the molecule is C=CCn1c(SCC(=O)Nc2ccc(Cl)cc2C)[nH+]c2sc3c(c2c1=O)CCC3. The molecule has 5 nitrogen and oxygen atoms in total. The number of thioether (sulfide) groups is 1. The Kier molecular flexibility index (Phi) is 5.81. The Morgan fingerprint density at radius 1 is 1.45 bits per heavy atom. The minimum atomic E-state index is -0.139. The lowest BCUT2D eigenvalue weighted by atomic mass is 10.2. The van der Waals surface area contributed by atoms with E-state index in [4.69, 9.17) is 11.6 Å². The van der Waals surface area contributed by atoms with Gasteiger partial charge in [0.15, 0.2) is 4.83 Å². The van der Waals surface area contributed by atoms with Crippen molar-refractivity contribution in [1.82, 2.24) is 4.57 Å². The number of H-pyrrole nitrogens is 1. The lowest BCUT2D eigenvalue weighted by Crippen LogP contribution is -2.30. The number of nitrogens with one attached hydrogen (secondary N) is 2. The summed E-state index contributed by atoms with van der Waals surface area (Å²) in [5.41, 5.74) is 2.82. The summed E-state index contributed by atoms with van der Waals surface area (Å²) in [6.45, 7) is 6.07. The Balaban J connectivity index is 1.58. The van der Waals surface area contributed by atoms with Gasteiger partial charge in [-0.05, 0) is 67.3 Å². The van der Waals surface area contributed by atoms with Crippen LogP contribution in [0.15, 0.2) is 40.8 Å². The van der Waals surface area contributed by atoms with Crippen LogP contribution in [0.5, 0.6) is 0 Å². The molecule has 0 bridgehead atoms. The highest BCUT2D eigenvalue weighted by Gasteiger charge is 2.27. The molecule has 29 heavy (non-hydrogen) atoms. The van der Waals surface area contributed by atoms with Gasteiger partial charge in [-0.3, -0.25) is 4.79 Å². The van der Waals surface area contributed by atoms with E-state index in [0.717, 1.165) is 40.7 Å². The van der Waals surface area contributed by atoms with Crippen molar-refractivity contribution in [2.45, 2.75) is 37.9 Å². The summed E-state index contributed by atoms with van der Waals surface area (Å²) in [6, 6.07) is 5.35. The van der Waals surface area contributed by atoms with E-state index in [1.165, 1.54) is 22.2 Å². The lowest BCUT2D eigenvalue weighted by Gasteiger charge is -2.08. The van der Waals surface area contributed by atoms with Gasteiger partial charge in [0.25, 0.3) is 0 Å². The number of allylic oxidation sites excluding steroid dienone is 1. The van der Waals surface area contributed by atoms with Crippen LogP contribution in [0.2, 0.25) is 5.02 Å². The third-order valence-electron chi connectivity index (χ3n) is 4.96. The number of rotatable bonds is 6. The zero-order chi connectivity index (χ0) is 20.5. The van der Waals surface area contributed by atoms with Crippen LogP contribution < -0.4 is 15.9 Å². The number of fused-ring (bicyclic) bond motifs is 3. The molecule has 0 saturated carbocycles. The molecule has 8 heteroatoms. The summed E-state index contributed by atoms with van der Waals surface area (Å²) in [5, 5.41) is 5.01. The number of nitrogens with zero attached hydrogens (tertiary/aromatic N) is 1. The summed E-state index contributed by atoms with van der Waals surface area (Å²) in [7, 11) is 0. The first-order chi connectivity index (χ1) is 14.0. The fourth-order valence-electron chi connectivity index (χ4n) is 3.61. The third kappa shape index (κ3) is 3.99. The van der Waals surface area contributed by atoms with Crippen LogP contribution in [0.1, 0.15) is 22.4 Å². The van der Waals surface area contributed by atoms with E-state index in [2.05, 4.69) is 16.9 Å². The second-order valence-corrected chi connectivity index (χ2v) is 9.50. The average Bonchev–Trinajstić information content (AvgIpc) is 3.25. The predicted molar refractivity (Wildman–Crippen MR) is 120 cm³/mol. The molecule has 1 amide bonds. The van der Waals surface area contributed by atoms with Crippen molar-refractivity contribution >= 4 is 56.5 Å². The van der Waals surface area contributed by atoms with E-state index in [1.807, 2.05) is 13.0 Å². The van der Waals surface area contributed by atoms with Crippen LogP contribution >= 0.6 is 34.7 Å². The van der Waals surface area contributed by atoms with Crippen LogP contribution in [0.3, 0.4) is 0 Å². The number of amides is 1. The van der Waals surface area contributed by atoms with Gasteiger partial charge in [0.05, 0.1) is 5.75 Å². The Hall–Kier alpha value is -2.09. The minimum absolute atomic E-state index is 0.00509. The second-order valence-electron chi connectivity index (χ2n) is 6.99. The molecule has 0 radical (unpaired) electrons. The number of hydrogen-bond acceptors (Lipinski definition) is 4. The Bertz CT molecular complexity index is 1180. The Morgan fingerprint density at radius 3 is 3.03 bits per heavy atom. The molecule has 2 N–H and O–H groups in total. The molecule has 0 saturated heterocycles. The molecule has 0 fully saturated rings. The monoisotopic (exact) mass is 446 g/mol. The van der Waals surface area contributed by atoms with Gasteiger partial charge in [0.2, 0.25) is 5.91 Å². The number of halogens is 1. The second kappa shape index (κ2) is 8.34. The number of aromatic amines is 1. The molecule has 4 rings (SSSR count). The molecule has 150 valence electrons. The van der Waals surface area contributed by atoms with Crippen molar-refractivity contribution in [1.29, 1.82) is 0 Å². The highest BCUT2D eigenvalue weighted by atomic mass is 35.5. The van der Waals surface area contributed by atoms with E-state index >= 15 is 0 Å². The molecule has 0 atom stereocenters. The quantitative estimate of drug-likeness (QED) is 0.350. The summed E-state index contributed by atoms with van der Waals surface area (Å²) < 4.78 is 1.67. The van der Waals surface area contributed by atoms with Gasteiger partial charge in [-0.2, -0.15) is 4.57 Å². The van der Waals surface area contributed by atoms with Crippen LogP contribution in [0, 0.1) is 6.92 Å². The highest BCUT2D eigenvalue weighted by molar-refractivity contribution is 7.99. The molecule has 0 unspecified atom stereocenters. The maximum atomic E-state index is 13.1. The average molecular weight is 447 g/mol. The topological polar surface area (TPSA) is 65.2 Å². The number of anilines is 1. The zero-order valence-electron chi connectivity index (χ0n) is 16.0. The maximum absolute atomic E-state index is 13.1. The number of thiophene rings is 1. The summed E-state index contributed by atoms with van der Waals surface area (Å²) in [4.78, 5) is 31.2. The summed E-state index contributed by atoms with van der Waals surface area (Å²) in [6.07, 6.45) is 4.81. The van der Waals surface area contributed by atoms with Crippen molar-refractivity contribution in [3.63, 3.8) is 0 Å². The van der Waals surface area contributed by atoms with Gasteiger partial charge >= 0.3 is 10.7 Å². The normalized spacial score (nSPS) is 12.9. The Labute approximate surface area is 181 Å². The molecule has 2 heterocycles. The van der Waals surface area contributed by atoms with Crippen LogP contribution in [-0.4, -0.2) is 16.2 Å². The number of benzene rings is 1. The molecule has 3 aromatic rings. The number of hydrogen-bond donors (Lipinski definition) is 1. The first-order valence-corrected chi connectivity index (χ1v) is 11.6. The van der Waals surface area contributed by atoms with Crippen molar-refractivity contribution in [3.05, 3.63) is 62.2 Å². The van der Waals surface area contributed by atoms with Crippen molar-refractivity contribution in [3.8, 4) is 0 Å². The maximum Gasteiger partial charge on any atom is 0.347 e. The first-order valence-electron chi connectivity index (χ1n) is 9.38. The molecule has 1 aliphatic carbocycles. The molecule has 0 aliphatic heterocycles. The molecule has 0 spiro atoms. The number of aryl methyl sites for hydroxylation is 3. The summed E-state index contributed by atoms with van der Waals surface area (Å²) >= 11 is 8.95.